The number of nitrogens with two attached hydrogens (primary N) is 1. The Kier molecular flexibility index (Phi) is 5.30. The van der Waals surface area contributed by atoms with Gasteiger partial charge in [-0.05, 0) is 24.3 Å². The van der Waals surface area contributed by atoms with Crippen molar-refractivity contribution < 1.29 is 17.9 Å². The summed E-state index contributed by atoms with van der Waals surface area (Å²) in [4.78, 5) is 14.2. The summed E-state index contributed by atoms with van der Waals surface area (Å²) in [6.45, 7) is 1.91. The number of morpholine rings is 1. The Bertz CT molecular complexity index is 918. The molecule has 1 aromatic carbocycles. The van der Waals surface area contributed by atoms with Crippen LogP contribution in [0, 0.1) is 0 Å². The van der Waals surface area contributed by atoms with Gasteiger partial charge >= 0.3 is 10.2 Å². The lowest BCUT2D eigenvalue weighted by Gasteiger charge is -2.26. The second-order valence-electron chi connectivity index (χ2n) is 6.08. The molecule has 12 heteroatoms. The molecule has 2 heterocycles. The third kappa shape index (κ3) is 4.02. The highest BCUT2D eigenvalue weighted by Crippen LogP contribution is 2.19. The number of nitrogen functional groups attached to an aromatic ring is 1. The minimum Gasteiger partial charge on any atom is -0.382 e. The van der Waals surface area contributed by atoms with Crippen molar-refractivity contribution in [2.75, 3.05) is 50.9 Å². The summed E-state index contributed by atoms with van der Waals surface area (Å²) in [5.74, 6) is -0.175. The molecule has 0 spiro atoms. The van der Waals surface area contributed by atoms with E-state index in [1.165, 1.54) is 18.8 Å². The number of hydrogen-bond acceptors (Lipinski definition) is 7. The van der Waals surface area contributed by atoms with Crippen molar-refractivity contribution in [1.29, 1.82) is 0 Å². The molecule has 1 aliphatic rings. The van der Waals surface area contributed by atoms with Crippen molar-refractivity contribution in [1.82, 2.24) is 24.2 Å². The summed E-state index contributed by atoms with van der Waals surface area (Å²) in [5.41, 5.74) is 7.08. The van der Waals surface area contributed by atoms with Gasteiger partial charge in [-0.1, -0.05) is 5.21 Å². The smallest absolute Gasteiger partial charge is 0.301 e. The monoisotopic (exact) mass is 395 g/mol. The number of benzene rings is 1. The Morgan fingerprint density at radius 1 is 1.22 bits per heavy atom. The molecule has 1 aromatic heterocycles. The van der Waals surface area contributed by atoms with Crippen LogP contribution in [0.4, 0.5) is 11.5 Å². The average molecular weight is 395 g/mol. The number of nitrogens with zero attached hydrogens (tertiary/aromatic N) is 5. The number of carbonyl (C=O) groups excluding carboxylic acids is 1. The Morgan fingerprint density at radius 2 is 1.85 bits per heavy atom. The highest BCUT2D eigenvalue weighted by molar-refractivity contribution is 7.90. The van der Waals surface area contributed by atoms with Crippen molar-refractivity contribution >= 4 is 27.6 Å². The van der Waals surface area contributed by atoms with Gasteiger partial charge in [0.25, 0.3) is 5.91 Å². The molecule has 0 radical (unpaired) electrons. The molecule has 0 atom stereocenters. The fourth-order valence-corrected chi connectivity index (χ4v) is 3.08. The third-order valence-corrected chi connectivity index (χ3v) is 5.50. The first-order valence-corrected chi connectivity index (χ1v) is 9.62. The van der Waals surface area contributed by atoms with Gasteiger partial charge in [0.2, 0.25) is 0 Å². The van der Waals surface area contributed by atoms with Crippen LogP contribution in [0.5, 0.6) is 0 Å². The van der Waals surface area contributed by atoms with Gasteiger partial charge in [-0.25, -0.2) is 0 Å². The van der Waals surface area contributed by atoms with Crippen LogP contribution in [0.2, 0.25) is 0 Å². The van der Waals surface area contributed by atoms with E-state index >= 15 is 0 Å². The fourth-order valence-electron chi connectivity index (χ4n) is 2.46. The number of anilines is 2. The molecular formula is C15H21N7O4S. The van der Waals surface area contributed by atoms with Crippen LogP contribution >= 0.6 is 0 Å². The molecule has 3 N–H and O–H groups in total. The molecule has 0 unspecified atom stereocenters. The number of carbonyl (C=O) groups is 1. The van der Waals surface area contributed by atoms with Crippen molar-refractivity contribution in [2.24, 2.45) is 0 Å². The van der Waals surface area contributed by atoms with Gasteiger partial charge in [0, 0.05) is 32.9 Å². The maximum Gasteiger partial charge on any atom is 0.301 e. The Morgan fingerprint density at radius 3 is 2.44 bits per heavy atom. The minimum atomic E-state index is -3.59. The van der Waals surface area contributed by atoms with E-state index in [1.807, 2.05) is 0 Å². The summed E-state index contributed by atoms with van der Waals surface area (Å²) >= 11 is 0. The first-order chi connectivity index (χ1) is 12.8. The van der Waals surface area contributed by atoms with E-state index in [9.17, 15) is 13.2 Å². The van der Waals surface area contributed by atoms with Gasteiger partial charge in [-0.15, -0.1) is 5.10 Å². The summed E-state index contributed by atoms with van der Waals surface area (Å²) in [6.07, 6.45) is 0. The number of hydrogen-bond donors (Lipinski definition) is 2. The zero-order chi connectivity index (χ0) is 19.6. The number of amides is 1. The topological polar surface area (TPSA) is 136 Å². The predicted molar refractivity (Wildman–Crippen MR) is 98.7 cm³/mol. The van der Waals surface area contributed by atoms with Crippen molar-refractivity contribution in [3.63, 3.8) is 0 Å². The van der Waals surface area contributed by atoms with Gasteiger partial charge in [0.05, 0.1) is 18.9 Å². The second-order valence-corrected chi connectivity index (χ2v) is 7.96. The van der Waals surface area contributed by atoms with E-state index < -0.39 is 10.2 Å². The van der Waals surface area contributed by atoms with Crippen LogP contribution < -0.4 is 10.5 Å². The zero-order valence-electron chi connectivity index (χ0n) is 15.0. The third-order valence-electron chi connectivity index (χ3n) is 4.05. The zero-order valence-corrected chi connectivity index (χ0v) is 15.8. The maximum absolute atomic E-state index is 12.5. The summed E-state index contributed by atoms with van der Waals surface area (Å²) < 4.78 is 33.8. The molecule has 1 fully saturated rings. The van der Waals surface area contributed by atoms with Crippen LogP contribution in [-0.4, -0.2) is 78.9 Å². The SMILES string of the molecule is CN(C)S(=O)(=O)Nc1ccc(-n2nnc(C(=O)N3CCOCC3)c2N)cc1. The lowest BCUT2D eigenvalue weighted by Crippen LogP contribution is -2.41. The summed E-state index contributed by atoms with van der Waals surface area (Å²) in [6, 6.07) is 6.39. The fraction of sp³-hybridized carbons (Fsp3) is 0.400. The molecule has 27 heavy (non-hydrogen) atoms. The maximum atomic E-state index is 12.5. The van der Waals surface area contributed by atoms with Gasteiger partial charge in [0.1, 0.15) is 0 Å². The molecule has 1 aliphatic heterocycles. The molecule has 1 amide bonds. The molecule has 0 bridgehead atoms. The summed E-state index contributed by atoms with van der Waals surface area (Å²) in [7, 11) is -0.732. The molecule has 146 valence electrons. The van der Waals surface area contributed by atoms with Crippen molar-refractivity contribution in [2.45, 2.75) is 0 Å². The molecule has 1 saturated heterocycles. The lowest BCUT2D eigenvalue weighted by atomic mass is 10.3. The number of nitrogens with one attached hydrogen (secondary N) is 1. The normalized spacial score (nSPS) is 15.1. The van der Waals surface area contributed by atoms with Crippen molar-refractivity contribution in [3.05, 3.63) is 30.0 Å². The number of rotatable bonds is 5. The van der Waals surface area contributed by atoms with Crippen LogP contribution in [0.3, 0.4) is 0 Å². The van der Waals surface area contributed by atoms with Crippen molar-refractivity contribution in [3.8, 4) is 5.69 Å². The first kappa shape index (κ1) is 19.1. The molecule has 2 aromatic rings. The largest absolute Gasteiger partial charge is 0.382 e. The van der Waals surface area contributed by atoms with Gasteiger partial charge in [-0.2, -0.15) is 17.4 Å². The van der Waals surface area contributed by atoms with E-state index in [0.717, 1.165) is 4.31 Å². The van der Waals surface area contributed by atoms with E-state index in [0.29, 0.717) is 37.7 Å². The standard InChI is InChI=1S/C15H21N7O4S/c1-20(2)27(24,25)18-11-3-5-12(6-4-11)22-14(16)13(17-19-22)15(23)21-7-9-26-10-8-21/h3-6,18H,7-10,16H2,1-2H3. The molecule has 11 nitrogen and oxygen atoms in total. The van der Waals surface area contributed by atoms with Gasteiger partial charge < -0.3 is 15.4 Å². The molecule has 0 aliphatic carbocycles. The Hall–Kier alpha value is -2.70. The minimum absolute atomic E-state index is 0.0780. The number of ether oxygens (including phenoxy) is 1. The lowest BCUT2D eigenvalue weighted by molar-refractivity contribution is 0.0299. The predicted octanol–water partition coefficient (Wildman–Crippen LogP) is -0.460. The Balaban J connectivity index is 1.79. The van der Waals surface area contributed by atoms with Crippen LogP contribution in [-0.2, 0) is 14.9 Å². The Labute approximate surface area is 156 Å². The molecular weight excluding hydrogens is 374 g/mol. The van der Waals surface area contributed by atoms with E-state index in [2.05, 4.69) is 15.0 Å². The number of aromatic nitrogens is 3. The molecule has 3 rings (SSSR count). The van der Waals surface area contributed by atoms with Crippen LogP contribution in [0.1, 0.15) is 10.5 Å². The highest BCUT2D eigenvalue weighted by Gasteiger charge is 2.25. The van der Waals surface area contributed by atoms with E-state index in [-0.39, 0.29) is 17.4 Å². The van der Waals surface area contributed by atoms with E-state index in [1.54, 1.807) is 29.2 Å². The van der Waals surface area contributed by atoms with Crippen LogP contribution in [0.25, 0.3) is 5.69 Å². The van der Waals surface area contributed by atoms with Gasteiger partial charge in [0.15, 0.2) is 11.5 Å². The van der Waals surface area contributed by atoms with Gasteiger partial charge in [-0.3, -0.25) is 9.52 Å². The molecule has 0 saturated carbocycles. The first-order valence-electron chi connectivity index (χ1n) is 8.18. The summed E-state index contributed by atoms with van der Waals surface area (Å²) in [5, 5.41) is 7.86. The van der Waals surface area contributed by atoms with E-state index in [4.69, 9.17) is 10.5 Å². The quantitative estimate of drug-likeness (QED) is 0.699. The highest BCUT2D eigenvalue weighted by atomic mass is 32.2. The second kappa shape index (κ2) is 7.50. The average Bonchev–Trinajstić information content (AvgIpc) is 3.03. The van der Waals surface area contributed by atoms with Crippen LogP contribution in [0.15, 0.2) is 24.3 Å².